The van der Waals surface area contributed by atoms with Gasteiger partial charge in [0, 0.05) is 12.6 Å². The maximum Gasteiger partial charge on any atom is 0.258 e. The summed E-state index contributed by atoms with van der Waals surface area (Å²) in [6.45, 7) is 4.31. The van der Waals surface area contributed by atoms with Crippen LogP contribution in [0.25, 0.3) is 16.9 Å². The van der Waals surface area contributed by atoms with E-state index in [0.717, 1.165) is 53.9 Å². The van der Waals surface area contributed by atoms with E-state index in [4.69, 9.17) is 5.10 Å². The van der Waals surface area contributed by atoms with Crippen LogP contribution in [0.1, 0.15) is 60.8 Å². The molecule has 0 fully saturated rings. The number of carbonyl (C=O) groups excluding carboxylic acids is 1. The summed E-state index contributed by atoms with van der Waals surface area (Å²) in [6, 6.07) is 30.5. The summed E-state index contributed by atoms with van der Waals surface area (Å²) in [7, 11) is 1.93. The second kappa shape index (κ2) is 11.0. The van der Waals surface area contributed by atoms with E-state index in [1.54, 1.807) is 0 Å². The molecular formula is C30H33N3O. The van der Waals surface area contributed by atoms with Gasteiger partial charge in [0.25, 0.3) is 5.91 Å². The summed E-state index contributed by atoms with van der Waals surface area (Å²) in [5, 5.41) is 5.02. The van der Waals surface area contributed by atoms with Gasteiger partial charge in [-0.25, -0.2) is 4.68 Å². The van der Waals surface area contributed by atoms with Crippen molar-refractivity contribution in [2.75, 3.05) is 7.05 Å². The second-order valence-electron chi connectivity index (χ2n) is 8.66. The van der Waals surface area contributed by atoms with Gasteiger partial charge in [-0.15, -0.1) is 0 Å². The Labute approximate surface area is 202 Å². The van der Waals surface area contributed by atoms with Crippen LogP contribution in [0.4, 0.5) is 0 Å². The molecule has 4 rings (SSSR count). The van der Waals surface area contributed by atoms with E-state index in [9.17, 15) is 4.79 Å². The molecule has 34 heavy (non-hydrogen) atoms. The van der Waals surface area contributed by atoms with Crippen molar-refractivity contribution in [1.82, 2.24) is 14.7 Å². The molecule has 0 N–H and O–H groups in total. The molecule has 1 aromatic heterocycles. The first-order chi connectivity index (χ1) is 16.7. The van der Waals surface area contributed by atoms with Crippen molar-refractivity contribution < 1.29 is 4.79 Å². The fraction of sp³-hybridized carbons (Fsp3) is 0.267. The molecule has 0 saturated heterocycles. The Bertz CT molecular complexity index is 1200. The molecule has 0 aliphatic rings. The van der Waals surface area contributed by atoms with Crippen molar-refractivity contribution in [3.05, 3.63) is 108 Å². The quantitative estimate of drug-likeness (QED) is 0.272. The SMILES string of the molecule is CCCc1c(C(=O)N(C)C(CCC)c2ccccc2)c(-c2ccccc2)nn1-c1ccccc1. The van der Waals surface area contributed by atoms with E-state index >= 15 is 0 Å². The largest absolute Gasteiger partial charge is 0.335 e. The summed E-state index contributed by atoms with van der Waals surface area (Å²) >= 11 is 0. The van der Waals surface area contributed by atoms with Crippen molar-refractivity contribution in [2.45, 2.75) is 45.6 Å². The third-order valence-electron chi connectivity index (χ3n) is 6.26. The first-order valence-corrected chi connectivity index (χ1v) is 12.2. The monoisotopic (exact) mass is 451 g/mol. The first-order valence-electron chi connectivity index (χ1n) is 12.2. The zero-order valence-corrected chi connectivity index (χ0v) is 20.3. The fourth-order valence-corrected chi connectivity index (χ4v) is 4.58. The molecule has 174 valence electrons. The zero-order chi connectivity index (χ0) is 23.9. The summed E-state index contributed by atoms with van der Waals surface area (Å²) in [5.41, 5.74) is 5.50. The summed E-state index contributed by atoms with van der Waals surface area (Å²) < 4.78 is 1.96. The lowest BCUT2D eigenvalue weighted by molar-refractivity contribution is 0.0721. The van der Waals surface area contributed by atoms with E-state index in [1.807, 2.05) is 95.5 Å². The molecule has 1 amide bonds. The molecule has 0 radical (unpaired) electrons. The van der Waals surface area contributed by atoms with Crippen LogP contribution < -0.4 is 0 Å². The number of aromatic nitrogens is 2. The molecule has 1 unspecified atom stereocenters. The van der Waals surface area contributed by atoms with Crippen molar-refractivity contribution in [3.8, 4) is 16.9 Å². The Balaban J connectivity index is 1.88. The fourth-order valence-electron chi connectivity index (χ4n) is 4.58. The molecule has 0 spiro atoms. The summed E-state index contributed by atoms with van der Waals surface area (Å²) in [6.07, 6.45) is 3.60. The highest BCUT2D eigenvalue weighted by molar-refractivity contribution is 6.01. The summed E-state index contributed by atoms with van der Waals surface area (Å²) in [4.78, 5) is 16.2. The van der Waals surface area contributed by atoms with Crippen LogP contribution in [0.5, 0.6) is 0 Å². The Morgan fingerprint density at radius 1 is 0.853 bits per heavy atom. The van der Waals surface area contributed by atoms with Crippen molar-refractivity contribution in [2.24, 2.45) is 0 Å². The van der Waals surface area contributed by atoms with Crippen LogP contribution >= 0.6 is 0 Å². The highest BCUT2D eigenvalue weighted by Gasteiger charge is 2.30. The van der Waals surface area contributed by atoms with Crippen LogP contribution in [0.2, 0.25) is 0 Å². The average molecular weight is 452 g/mol. The van der Waals surface area contributed by atoms with Crippen LogP contribution in [-0.2, 0) is 6.42 Å². The summed E-state index contributed by atoms with van der Waals surface area (Å²) in [5.74, 6) is 0.0202. The minimum absolute atomic E-state index is 0.0110. The van der Waals surface area contributed by atoms with Gasteiger partial charge >= 0.3 is 0 Å². The third-order valence-corrected chi connectivity index (χ3v) is 6.26. The van der Waals surface area contributed by atoms with E-state index in [0.29, 0.717) is 5.56 Å². The van der Waals surface area contributed by atoms with Gasteiger partial charge in [-0.2, -0.15) is 5.10 Å². The lowest BCUT2D eigenvalue weighted by atomic mass is 9.98. The highest BCUT2D eigenvalue weighted by Crippen LogP contribution is 2.33. The average Bonchev–Trinajstić information content (AvgIpc) is 3.27. The van der Waals surface area contributed by atoms with Crippen LogP contribution in [0.3, 0.4) is 0 Å². The van der Waals surface area contributed by atoms with Gasteiger partial charge in [0.2, 0.25) is 0 Å². The predicted octanol–water partition coefficient (Wildman–Crippen LogP) is 7.11. The Kier molecular flexibility index (Phi) is 7.58. The number of para-hydroxylation sites is 1. The number of rotatable bonds is 9. The maximum atomic E-state index is 14.2. The molecule has 0 bridgehead atoms. The number of carbonyl (C=O) groups is 1. The van der Waals surface area contributed by atoms with Gasteiger partial charge in [-0.05, 0) is 30.5 Å². The minimum atomic E-state index is 0.0110. The van der Waals surface area contributed by atoms with Gasteiger partial charge in [-0.3, -0.25) is 4.79 Å². The van der Waals surface area contributed by atoms with Crippen molar-refractivity contribution in [1.29, 1.82) is 0 Å². The van der Waals surface area contributed by atoms with Gasteiger partial charge < -0.3 is 4.90 Å². The van der Waals surface area contributed by atoms with Crippen molar-refractivity contribution in [3.63, 3.8) is 0 Å². The highest BCUT2D eigenvalue weighted by atomic mass is 16.2. The Hall–Kier alpha value is -3.66. The topological polar surface area (TPSA) is 38.1 Å². The molecule has 0 aliphatic carbocycles. The van der Waals surface area contributed by atoms with E-state index < -0.39 is 0 Å². The smallest absolute Gasteiger partial charge is 0.258 e. The second-order valence-corrected chi connectivity index (χ2v) is 8.66. The number of hydrogen-bond acceptors (Lipinski definition) is 2. The number of benzene rings is 3. The number of amides is 1. The number of hydrogen-bond donors (Lipinski definition) is 0. The van der Waals surface area contributed by atoms with Gasteiger partial charge in [0.1, 0.15) is 5.69 Å². The molecule has 4 nitrogen and oxygen atoms in total. The molecule has 0 aliphatic heterocycles. The molecular weight excluding hydrogens is 418 g/mol. The lowest BCUT2D eigenvalue weighted by Gasteiger charge is -2.29. The molecule has 4 aromatic rings. The van der Waals surface area contributed by atoms with Gasteiger partial charge in [-0.1, -0.05) is 106 Å². The van der Waals surface area contributed by atoms with E-state index in [2.05, 4.69) is 26.0 Å². The van der Waals surface area contributed by atoms with E-state index in [-0.39, 0.29) is 11.9 Å². The molecule has 4 heteroatoms. The first kappa shape index (κ1) is 23.5. The maximum absolute atomic E-state index is 14.2. The van der Waals surface area contributed by atoms with Crippen LogP contribution in [0, 0.1) is 0 Å². The van der Waals surface area contributed by atoms with E-state index in [1.165, 1.54) is 0 Å². The van der Waals surface area contributed by atoms with Crippen molar-refractivity contribution >= 4 is 5.91 Å². The third kappa shape index (κ3) is 4.81. The standard InChI is InChI=1S/C30H33N3O/c1-4-15-26(23-17-9-6-10-18-23)32(3)30(34)28-27(16-5-2)33(25-21-13-8-14-22-25)31-29(28)24-19-11-7-12-20-24/h6-14,17-22,26H,4-5,15-16H2,1-3H3. The minimum Gasteiger partial charge on any atom is -0.335 e. The Morgan fingerprint density at radius 3 is 2.03 bits per heavy atom. The van der Waals surface area contributed by atoms with Gasteiger partial charge in [0.15, 0.2) is 0 Å². The zero-order valence-electron chi connectivity index (χ0n) is 20.3. The normalized spacial score (nSPS) is 11.9. The molecule has 1 heterocycles. The van der Waals surface area contributed by atoms with Crippen LogP contribution in [-0.4, -0.2) is 27.6 Å². The Morgan fingerprint density at radius 2 is 1.44 bits per heavy atom. The molecule has 0 saturated carbocycles. The lowest BCUT2D eigenvalue weighted by Crippen LogP contribution is -2.32. The van der Waals surface area contributed by atoms with Crippen LogP contribution in [0.15, 0.2) is 91.0 Å². The molecule has 3 aromatic carbocycles. The molecule has 1 atom stereocenters. The predicted molar refractivity (Wildman–Crippen MR) is 139 cm³/mol. The number of nitrogens with zero attached hydrogens (tertiary/aromatic N) is 3. The van der Waals surface area contributed by atoms with Gasteiger partial charge in [0.05, 0.1) is 23.0 Å².